The molecule has 0 aliphatic rings. The first-order chi connectivity index (χ1) is 11.2. The summed E-state index contributed by atoms with van der Waals surface area (Å²) < 4.78 is 7.16. The molecule has 0 aliphatic heterocycles. The fraction of sp³-hybridized carbons (Fsp3) is 0.412. The standard InChI is InChI=1S/C17H24N4O2.2ClH/c1-2-23-9-8-19-17(22)16(18)10-15-12-21(13-20-15)11-14-6-4-3-5-7-14;;/h3-7,12-13,16H,2,8-11,18H2,1H3,(H,19,22);2*1H/t16-;;/m0../s1. The third kappa shape index (κ3) is 8.36. The number of hydrogen-bond acceptors (Lipinski definition) is 4. The molecule has 25 heavy (non-hydrogen) atoms. The van der Waals surface area contributed by atoms with Crippen LogP contribution in [0.4, 0.5) is 0 Å². The number of nitrogens with zero attached hydrogens (tertiary/aromatic N) is 2. The number of amides is 1. The van der Waals surface area contributed by atoms with Crippen molar-refractivity contribution < 1.29 is 9.53 Å². The molecule has 0 unspecified atom stereocenters. The Morgan fingerprint density at radius 2 is 2.04 bits per heavy atom. The minimum absolute atomic E-state index is 0. The van der Waals surface area contributed by atoms with Gasteiger partial charge < -0.3 is 20.4 Å². The van der Waals surface area contributed by atoms with Crippen LogP contribution in [0.3, 0.4) is 0 Å². The summed E-state index contributed by atoms with van der Waals surface area (Å²) >= 11 is 0. The fourth-order valence-corrected chi connectivity index (χ4v) is 2.23. The van der Waals surface area contributed by atoms with Crippen molar-refractivity contribution in [1.29, 1.82) is 0 Å². The molecule has 2 rings (SSSR count). The highest BCUT2D eigenvalue weighted by atomic mass is 35.5. The second-order valence-electron chi connectivity index (χ2n) is 5.32. The molecule has 1 amide bonds. The maximum absolute atomic E-state index is 11.9. The molecule has 1 aromatic heterocycles. The zero-order valence-corrected chi connectivity index (χ0v) is 15.9. The largest absolute Gasteiger partial charge is 0.380 e. The number of carbonyl (C=O) groups excluding carboxylic acids is 1. The van der Waals surface area contributed by atoms with Crippen LogP contribution in [-0.4, -0.2) is 41.3 Å². The van der Waals surface area contributed by atoms with Crippen LogP contribution in [0.1, 0.15) is 18.2 Å². The summed E-state index contributed by atoms with van der Waals surface area (Å²) in [7, 11) is 0. The van der Waals surface area contributed by atoms with E-state index in [0.717, 1.165) is 12.2 Å². The van der Waals surface area contributed by atoms with Crippen LogP contribution in [-0.2, 0) is 22.5 Å². The highest BCUT2D eigenvalue weighted by molar-refractivity contribution is 5.85. The lowest BCUT2D eigenvalue weighted by Crippen LogP contribution is -2.43. The first kappa shape index (κ1) is 23.4. The van der Waals surface area contributed by atoms with Gasteiger partial charge in [-0.25, -0.2) is 4.98 Å². The molecule has 140 valence electrons. The number of imidazole rings is 1. The molecule has 0 bridgehead atoms. The van der Waals surface area contributed by atoms with E-state index in [2.05, 4.69) is 22.4 Å². The SMILES string of the molecule is CCOCCNC(=O)[C@@H](N)Cc1cn(Cc2ccccc2)cn1.Cl.Cl. The molecule has 1 heterocycles. The number of nitrogens with two attached hydrogens (primary N) is 1. The van der Waals surface area contributed by atoms with E-state index in [0.29, 0.717) is 26.2 Å². The lowest BCUT2D eigenvalue weighted by atomic mass is 10.1. The summed E-state index contributed by atoms with van der Waals surface area (Å²) in [5.41, 5.74) is 7.94. The summed E-state index contributed by atoms with van der Waals surface area (Å²) in [6, 6.07) is 9.54. The van der Waals surface area contributed by atoms with Gasteiger partial charge in [0.2, 0.25) is 5.91 Å². The van der Waals surface area contributed by atoms with Crippen molar-refractivity contribution >= 4 is 30.7 Å². The van der Waals surface area contributed by atoms with Gasteiger partial charge in [-0.05, 0) is 12.5 Å². The van der Waals surface area contributed by atoms with Gasteiger partial charge in [-0.1, -0.05) is 30.3 Å². The highest BCUT2D eigenvalue weighted by Crippen LogP contribution is 2.05. The predicted octanol–water partition coefficient (Wildman–Crippen LogP) is 1.80. The molecule has 0 saturated carbocycles. The van der Waals surface area contributed by atoms with Gasteiger partial charge in [-0.15, -0.1) is 24.8 Å². The molecular formula is C17H26Cl2N4O2. The lowest BCUT2D eigenvalue weighted by Gasteiger charge is -2.11. The van der Waals surface area contributed by atoms with Crippen molar-refractivity contribution in [2.24, 2.45) is 5.73 Å². The van der Waals surface area contributed by atoms with Crippen molar-refractivity contribution in [1.82, 2.24) is 14.9 Å². The van der Waals surface area contributed by atoms with Crippen LogP contribution >= 0.6 is 24.8 Å². The van der Waals surface area contributed by atoms with Crippen molar-refractivity contribution in [2.45, 2.75) is 25.9 Å². The number of hydrogen-bond donors (Lipinski definition) is 2. The Labute approximate surface area is 161 Å². The van der Waals surface area contributed by atoms with Crippen molar-refractivity contribution in [2.75, 3.05) is 19.8 Å². The Hall–Kier alpha value is -1.60. The number of nitrogens with one attached hydrogen (secondary N) is 1. The number of rotatable bonds is 9. The van der Waals surface area contributed by atoms with E-state index in [1.807, 2.05) is 35.9 Å². The van der Waals surface area contributed by atoms with E-state index in [9.17, 15) is 4.79 Å². The van der Waals surface area contributed by atoms with Gasteiger partial charge in [0.05, 0.1) is 24.7 Å². The minimum atomic E-state index is -0.600. The summed E-state index contributed by atoms with van der Waals surface area (Å²) in [6.45, 7) is 4.28. The van der Waals surface area contributed by atoms with Gasteiger partial charge in [0, 0.05) is 32.3 Å². The summed E-state index contributed by atoms with van der Waals surface area (Å²) in [5, 5.41) is 2.76. The van der Waals surface area contributed by atoms with E-state index >= 15 is 0 Å². The van der Waals surface area contributed by atoms with Crippen LogP contribution in [0.5, 0.6) is 0 Å². The molecule has 0 fully saturated rings. The van der Waals surface area contributed by atoms with Gasteiger partial charge in [0.15, 0.2) is 0 Å². The van der Waals surface area contributed by atoms with Gasteiger partial charge in [0.25, 0.3) is 0 Å². The molecule has 3 N–H and O–H groups in total. The summed E-state index contributed by atoms with van der Waals surface area (Å²) in [5.74, 6) is -0.178. The summed E-state index contributed by atoms with van der Waals surface area (Å²) in [4.78, 5) is 16.2. The van der Waals surface area contributed by atoms with E-state index < -0.39 is 6.04 Å². The molecule has 1 aromatic carbocycles. The number of benzene rings is 1. The first-order valence-electron chi connectivity index (χ1n) is 7.84. The Balaban J connectivity index is 0.00000288. The van der Waals surface area contributed by atoms with E-state index in [-0.39, 0.29) is 30.7 Å². The zero-order chi connectivity index (χ0) is 16.5. The lowest BCUT2D eigenvalue weighted by molar-refractivity contribution is -0.122. The van der Waals surface area contributed by atoms with Crippen LogP contribution in [0.2, 0.25) is 0 Å². The van der Waals surface area contributed by atoms with Crippen LogP contribution in [0.25, 0.3) is 0 Å². The number of carbonyl (C=O) groups is 1. The smallest absolute Gasteiger partial charge is 0.237 e. The molecule has 2 aromatic rings. The molecule has 0 spiro atoms. The Morgan fingerprint density at radius 3 is 2.72 bits per heavy atom. The van der Waals surface area contributed by atoms with Crippen molar-refractivity contribution in [3.63, 3.8) is 0 Å². The summed E-state index contributed by atoms with van der Waals surface area (Å²) in [6.07, 6.45) is 4.12. The molecule has 1 atom stereocenters. The molecule has 0 radical (unpaired) electrons. The van der Waals surface area contributed by atoms with Crippen LogP contribution in [0, 0.1) is 0 Å². The average Bonchev–Trinajstić information content (AvgIpc) is 2.99. The maximum atomic E-state index is 11.9. The normalized spacial score (nSPS) is 11.1. The third-order valence-electron chi connectivity index (χ3n) is 3.41. The number of ether oxygens (including phenoxy) is 1. The predicted molar refractivity (Wildman–Crippen MR) is 103 cm³/mol. The molecule has 0 saturated heterocycles. The van der Waals surface area contributed by atoms with E-state index in [1.165, 1.54) is 5.56 Å². The fourth-order valence-electron chi connectivity index (χ4n) is 2.23. The van der Waals surface area contributed by atoms with E-state index in [1.54, 1.807) is 6.33 Å². The molecule has 8 heteroatoms. The Bertz CT molecular complexity index is 608. The number of aromatic nitrogens is 2. The number of halogens is 2. The molecule has 6 nitrogen and oxygen atoms in total. The quantitative estimate of drug-likeness (QED) is 0.641. The van der Waals surface area contributed by atoms with Crippen molar-refractivity contribution in [3.05, 3.63) is 54.1 Å². The van der Waals surface area contributed by atoms with Gasteiger partial charge in [0.1, 0.15) is 0 Å². The topological polar surface area (TPSA) is 82.2 Å². The van der Waals surface area contributed by atoms with Crippen LogP contribution < -0.4 is 11.1 Å². The third-order valence-corrected chi connectivity index (χ3v) is 3.41. The highest BCUT2D eigenvalue weighted by Gasteiger charge is 2.15. The van der Waals surface area contributed by atoms with Gasteiger partial charge in [-0.2, -0.15) is 0 Å². The molecule has 0 aliphatic carbocycles. The first-order valence-corrected chi connectivity index (χ1v) is 7.84. The second kappa shape index (κ2) is 12.7. The molecular weight excluding hydrogens is 363 g/mol. The average molecular weight is 389 g/mol. The maximum Gasteiger partial charge on any atom is 0.237 e. The van der Waals surface area contributed by atoms with Crippen molar-refractivity contribution in [3.8, 4) is 0 Å². The van der Waals surface area contributed by atoms with Gasteiger partial charge in [-0.3, -0.25) is 4.79 Å². The Kier molecular flexibility index (Phi) is 11.9. The zero-order valence-electron chi connectivity index (χ0n) is 14.3. The Morgan fingerprint density at radius 1 is 1.32 bits per heavy atom. The van der Waals surface area contributed by atoms with E-state index in [4.69, 9.17) is 10.5 Å². The monoisotopic (exact) mass is 388 g/mol. The second-order valence-corrected chi connectivity index (χ2v) is 5.32. The van der Waals surface area contributed by atoms with Crippen LogP contribution in [0.15, 0.2) is 42.9 Å². The van der Waals surface area contributed by atoms with Gasteiger partial charge >= 0.3 is 0 Å². The minimum Gasteiger partial charge on any atom is -0.380 e.